The van der Waals surface area contributed by atoms with Gasteiger partial charge < -0.3 is 0 Å². The molecule has 0 aromatic heterocycles. The maximum Gasteiger partial charge on any atom is 0.337 e. The van der Waals surface area contributed by atoms with Crippen LogP contribution in [0.1, 0.15) is 0 Å². The quantitative estimate of drug-likeness (QED) is 0.650. The largest absolute Gasteiger partial charge is 0.337 e. The Labute approximate surface area is 92.8 Å². The molecule has 0 atom stereocenters. The number of carbonyl (C=O) groups excluding carboxylic acids is 1. The molecule has 2 aliphatic rings. The van der Waals surface area contributed by atoms with Gasteiger partial charge in [0.2, 0.25) is 0 Å². The van der Waals surface area contributed by atoms with Crippen LogP contribution >= 0.6 is 0 Å². The van der Waals surface area contributed by atoms with Crippen molar-refractivity contribution in [1.82, 2.24) is 13.9 Å². The minimum atomic E-state index is -3.82. The lowest BCUT2D eigenvalue weighted by molar-refractivity contribution is 0.229. The molecule has 0 spiro atoms. The van der Waals surface area contributed by atoms with Crippen molar-refractivity contribution in [2.75, 3.05) is 26.2 Å². The Morgan fingerprint density at radius 3 is 2.44 bits per heavy atom. The molecule has 0 radical (unpaired) electrons. The number of hydrogen-bond donors (Lipinski definition) is 1. The molecule has 0 bridgehead atoms. The normalized spacial score (nSPS) is 19.5. The summed E-state index contributed by atoms with van der Waals surface area (Å²) in [7, 11) is -3.82. The average molecular weight is 245 g/mol. The van der Waals surface area contributed by atoms with Gasteiger partial charge >= 0.3 is 16.2 Å². The van der Waals surface area contributed by atoms with Gasteiger partial charge in [0.1, 0.15) is 6.34 Å². The molecular weight excluding hydrogens is 234 g/mol. The summed E-state index contributed by atoms with van der Waals surface area (Å²) in [5.74, 6) is 0. The Balaban J connectivity index is 2.00. The first kappa shape index (κ1) is 10.9. The molecule has 0 saturated carbocycles. The molecule has 2 rings (SSSR count). The van der Waals surface area contributed by atoms with Gasteiger partial charge in [-0.15, -0.1) is 0 Å². The molecular formula is C7H11N5O3S. The standard InChI is InChI=1S/C7H11N5O3S/c13-7(11-3-1-8-5-11)10-16(14,15)12-4-2-9-6-12/h5-6H,1-4H2,(H,10,13). The van der Waals surface area contributed by atoms with E-state index in [-0.39, 0.29) is 6.54 Å². The van der Waals surface area contributed by atoms with Crippen molar-refractivity contribution in [3.05, 3.63) is 0 Å². The van der Waals surface area contributed by atoms with Crippen LogP contribution in [0.25, 0.3) is 0 Å². The monoisotopic (exact) mass is 245 g/mol. The van der Waals surface area contributed by atoms with Crippen molar-refractivity contribution in [3.8, 4) is 0 Å². The van der Waals surface area contributed by atoms with E-state index in [9.17, 15) is 13.2 Å². The second kappa shape index (κ2) is 4.08. The van der Waals surface area contributed by atoms with Crippen LogP contribution in [0.5, 0.6) is 0 Å². The summed E-state index contributed by atoms with van der Waals surface area (Å²) in [6.45, 7) is 1.57. The summed E-state index contributed by atoms with van der Waals surface area (Å²) in [5.41, 5.74) is 0. The summed E-state index contributed by atoms with van der Waals surface area (Å²) < 4.78 is 26.2. The maximum absolute atomic E-state index is 11.6. The number of hydrogen-bond acceptors (Lipinski definition) is 5. The first-order valence-corrected chi connectivity index (χ1v) is 6.14. The van der Waals surface area contributed by atoms with Crippen molar-refractivity contribution in [2.45, 2.75) is 0 Å². The SMILES string of the molecule is O=C(NS(=O)(=O)N1C=NCC1)N1C=NCC1. The van der Waals surface area contributed by atoms with Gasteiger partial charge in [-0.25, -0.2) is 13.8 Å². The third kappa shape index (κ3) is 2.13. The van der Waals surface area contributed by atoms with E-state index in [1.54, 1.807) is 0 Å². The highest BCUT2D eigenvalue weighted by molar-refractivity contribution is 7.88. The zero-order chi connectivity index (χ0) is 11.6. The minimum Gasteiger partial charge on any atom is -0.282 e. The number of aliphatic imine (C=N–C) groups is 2. The van der Waals surface area contributed by atoms with Crippen molar-refractivity contribution in [3.63, 3.8) is 0 Å². The minimum absolute atomic E-state index is 0.261. The van der Waals surface area contributed by atoms with Crippen LogP contribution < -0.4 is 4.72 Å². The fraction of sp³-hybridized carbons (Fsp3) is 0.571. The Kier molecular flexibility index (Phi) is 2.77. The van der Waals surface area contributed by atoms with E-state index in [1.807, 2.05) is 4.72 Å². The number of rotatable bonds is 2. The van der Waals surface area contributed by atoms with Crippen LogP contribution in [0.15, 0.2) is 9.98 Å². The molecule has 2 amide bonds. The topological polar surface area (TPSA) is 94.4 Å². The van der Waals surface area contributed by atoms with Gasteiger partial charge in [-0.3, -0.25) is 14.9 Å². The molecule has 0 aromatic carbocycles. The van der Waals surface area contributed by atoms with Crippen LogP contribution in [-0.4, -0.2) is 62.5 Å². The van der Waals surface area contributed by atoms with Gasteiger partial charge in [-0.05, 0) is 0 Å². The fourth-order valence-electron chi connectivity index (χ4n) is 1.31. The lowest BCUT2D eigenvalue weighted by Crippen LogP contribution is -2.47. The van der Waals surface area contributed by atoms with Crippen LogP contribution in [0.4, 0.5) is 4.79 Å². The third-order valence-corrected chi connectivity index (χ3v) is 3.46. The summed E-state index contributed by atoms with van der Waals surface area (Å²) in [6.07, 6.45) is 2.52. The molecule has 0 aliphatic carbocycles. The number of nitrogens with zero attached hydrogens (tertiary/aromatic N) is 4. The number of carbonyl (C=O) groups is 1. The van der Waals surface area contributed by atoms with Gasteiger partial charge in [-0.2, -0.15) is 8.42 Å². The molecule has 0 saturated heterocycles. The first-order chi connectivity index (χ1) is 7.59. The molecule has 0 unspecified atom stereocenters. The Hall–Kier alpha value is -1.64. The lowest BCUT2D eigenvalue weighted by Gasteiger charge is -2.18. The highest BCUT2D eigenvalue weighted by Gasteiger charge is 2.26. The molecule has 0 aromatic rings. The van der Waals surface area contributed by atoms with E-state index in [0.717, 1.165) is 4.31 Å². The predicted molar refractivity (Wildman–Crippen MR) is 57.6 cm³/mol. The smallest absolute Gasteiger partial charge is 0.282 e. The Bertz CT molecular complexity index is 443. The molecule has 88 valence electrons. The van der Waals surface area contributed by atoms with E-state index in [0.29, 0.717) is 19.6 Å². The van der Waals surface area contributed by atoms with Gasteiger partial charge in [0.25, 0.3) is 0 Å². The average Bonchev–Trinajstić information content (AvgIpc) is 2.91. The van der Waals surface area contributed by atoms with Crippen molar-refractivity contribution in [2.24, 2.45) is 9.98 Å². The van der Waals surface area contributed by atoms with Crippen molar-refractivity contribution < 1.29 is 13.2 Å². The fourth-order valence-corrected chi connectivity index (χ4v) is 2.27. The van der Waals surface area contributed by atoms with Crippen LogP contribution in [0.2, 0.25) is 0 Å². The highest BCUT2D eigenvalue weighted by Crippen LogP contribution is 2.02. The van der Waals surface area contributed by atoms with Gasteiger partial charge in [-0.1, -0.05) is 0 Å². The zero-order valence-electron chi connectivity index (χ0n) is 8.40. The van der Waals surface area contributed by atoms with E-state index in [1.165, 1.54) is 17.6 Å². The summed E-state index contributed by atoms with van der Waals surface area (Å²) >= 11 is 0. The number of urea groups is 1. The molecule has 2 aliphatic heterocycles. The number of nitrogens with one attached hydrogen (secondary N) is 1. The van der Waals surface area contributed by atoms with Crippen molar-refractivity contribution >= 4 is 28.9 Å². The van der Waals surface area contributed by atoms with Crippen LogP contribution in [0.3, 0.4) is 0 Å². The van der Waals surface area contributed by atoms with E-state index in [2.05, 4.69) is 9.98 Å². The summed E-state index contributed by atoms with van der Waals surface area (Å²) in [4.78, 5) is 20.3. The van der Waals surface area contributed by atoms with E-state index in [4.69, 9.17) is 0 Å². The third-order valence-electron chi connectivity index (χ3n) is 2.14. The zero-order valence-corrected chi connectivity index (χ0v) is 9.22. The van der Waals surface area contributed by atoms with Crippen molar-refractivity contribution in [1.29, 1.82) is 0 Å². The highest BCUT2D eigenvalue weighted by atomic mass is 32.2. The second-order valence-corrected chi connectivity index (χ2v) is 4.88. The van der Waals surface area contributed by atoms with E-state index < -0.39 is 16.2 Å². The Morgan fingerprint density at radius 2 is 1.88 bits per heavy atom. The summed E-state index contributed by atoms with van der Waals surface area (Å²) in [5, 5.41) is 0. The molecule has 2 heterocycles. The Morgan fingerprint density at radius 1 is 1.19 bits per heavy atom. The summed E-state index contributed by atoms with van der Waals surface area (Å²) in [6, 6.07) is -0.693. The molecule has 0 fully saturated rings. The molecule has 1 N–H and O–H groups in total. The lowest BCUT2D eigenvalue weighted by atomic mass is 10.6. The number of amides is 2. The second-order valence-electron chi connectivity index (χ2n) is 3.26. The molecule has 16 heavy (non-hydrogen) atoms. The van der Waals surface area contributed by atoms with Crippen LogP contribution in [-0.2, 0) is 10.2 Å². The maximum atomic E-state index is 11.6. The van der Waals surface area contributed by atoms with Gasteiger partial charge in [0, 0.05) is 6.54 Å². The predicted octanol–water partition coefficient (Wildman–Crippen LogP) is -1.37. The molecule has 9 heteroatoms. The van der Waals surface area contributed by atoms with Gasteiger partial charge in [0.05, 0.1) is 26.0 Å². The molecule has 8 nitrogen and oxygen atoms in total. The van der Waals surface area contributed by atoms with E-state index >= 15 is 0 Å². The first-order valence-electron chi connectivity index (χ1n) is 4.70. The van der Waals surface area contributed by atoms with Gasteiger partial charge in [0.15, 0.2) is 0 Å². The van der Waals surface area contributed by atoms with Crippen LogP contribution in [0, 0.1) is 0 Å².